The molecule has 0 amide bonds. The number of methoxy groups -OCH3 is 1. The van der Waals surface area contributed by atoms with Crippen molar-refractivity contribution in [3.05, 3.63) is 18.0 Å². The molecule has 1 atom stereocenters. The predicted octanol–water partition coefficient (Wildman–Crippen LogP) is 1.66. The molecular formula is C11H18N2O2. The van der Waals surface area contributed by atoms with Crippen LogP contribution in [0.25, 0.3) is 0 Å². The SMILES string of the molecule is COC(C(=O)c1ccnn1C)C(C)(C)C. The Morgan fingerprint density at radius 3 is 2.47 bits per heavy atom. The van der Waals surface area contributed by atoms with Crippen LogP contribution >= 0.6 is 0 Å². The molecule has 0 fully saturated rings. The van der Waals surface area contributed by atoms with Gasteiger partial charge in [0.2, 0.25) is 5.78 Å². The number of hydrogen-bond acceptors (Lipinski definition) is 3. The van der Waals surface area contributed by atoms with Crippen LogP contribution in [0.1, 0.15) is 31.3 Å². The maximum atomic E-state index is 12.1. The molecule has 0 radical (unpaired) electrons. The summed E-state index contributed by atoms with van der Waals surface area (Å²) in [6, 6.07) is 1.71. The standard InChI is InChI=1S/C11H18N2O2/c1-11(2,3)10(15-5)9(14)8-6-7-12-13(8)4/h6-7,10H,1-5H3. The molecule has 1 rings (SSSR count). The molecule has 84 valence electrons. The van der Waals surface area contributed by atoms with Crippen molar-refractivity contribution in [2.24, 2.45) is 12.5 Å². The highest BCUT2D eigenvalue weighted by Crippen LogP contribution is 2.24. The number of ketones is 1. The molecule has 0 saturated carbocycles. The lowest BCUT2D eigenvalue weighted by molar-refractivity contribution is 0.0188. The highest BCUT2D eigenvalue weighted by atomic mass is 16.5. The van der Waals surface area contributed by atoms with Gasteiger partial charge in [0.1, 0.15) is 11.8 Å². The number of Topliss-reactive ketones (excluding diaryl/α,β-unsaturated/α-hetero) is 1. The molecule has 4 heteroatoms. The molecule has 1 aromatic heterocycles. The number of carbonyl (C=O) groups is 1. The zero-order chi connectivity index (χ0) is 11.6. The molecule has 4 nitrogen and oxygen atoms in total. The first-order valence-electron chi connectivity index (χ1n) is 4.93. The van der Waals surface area contributed by atoms with Gasteiger partial charge in [-0.3, -0.25) is 9.48 Å². The molecule has 0 aromatic carbocycles. The van der Waals surface area contributed by atoms with E-state index in [0.717, 1.165) is 0 Å². The third kappa shape index (κ3) is 2.45. The second-order valence-corrected chi connectivity index (χ2v) is 4.69. The van der Waals surface area contributed by atoms with Gasteiger partial charge in [0.25, 0.3) is 0 Å². The van der Waals surface area contributed by atoms with Gasteiger partial charge in [0.05, 0.1) is 0 Å². The Kier molecular flexibility index (Phi) is 3.29. The first-order chi connectivity index (χ1) is 6.88. The van der Waals surface area contributed by atoms with E-state index in [1.807, 2.05) is 20.8 Å². The van der Waals surface area contributed by atoms with E-state index >= 15 is 0 Å². The molecule has 1 aromatic rings. The third-order valence-corrected chi connectivity index (χ3v) is 2.33. The lowest BCUT2D eigenvalue weighted by Gasteiger charge is -2.27. The fraction of sp³-hybridized carbons (Fsp3) is 0.636. The molecule has 0 N–H and O–H groups in total. The molecule has 0 aliphatic carbocycles. The smallest absolute Gasteiger partial charge is 0.209 e. The topological polar surface area (TPSA) is 44.1 Å². The molecule has 0 spiro atoms. The fourth-order valence-corrected chi connectivity index (χ4v) is 1.60. The van der Waals surface area contributed by atoms with Gasteiger partial charge in [0.15, 0.2) is 0 Å². The number of aryl methyl sites for hydroxylation is 1. The zero-order valence-corrected chi connectivity index (χ0v) is 9.94. The van der Waals surface area contributed by atoms with Crippen molar-refractivity contribution in [3.8, 4) is 0 Å². The monoisotopic (exact) mass is 210 g/mol. The summed E-state index contributed by atoms with van der Waals surface area (Å²) in [5.41, 5.74) is 0.368. The quantitative estimate of drug-likeness (QED) is 0.713. The van der Waals surface area contributed by atoms with Crippen LogP contribution in [0.4, 0.5) is 0 Å². The van der Waals surface area contributed by atoms with Crippen molar-refractivity contribution in [1.82, 2.24) is 9.78 Å². The summed E-state index contributed by atoms with van der Waals surface area (Å²) in [6.45, 7) is 5.94. The number of aromatic nitrogens is 2. The van der Waals surface area contributed by atoms with E-state index in [-0.39, 0.29) is 11.2 Å². The third-order valence-electron chi connectivity index (χ3n) is 2.33. The molecule has 0 aliphatic rings. The summed E-state index contributed by atoms with van der Waals surface area (Å²) in [5.74, 6) is -0.0231. The average Bonchev–Trinajstić information content (AvgIpc) is 2.49. The number of rotatable bonds is 3. The molecule has 0 saturated heterocycles. The second kappa shape index (κ2) is 4.14. The lowest BCUT2D eigenvalue weighted by atomic mass is 9.85. The van der Waals surface area contributed by atoms with E-state index in [4.69, 9.17) is 4.74 Å². The normalized spacial score (nSPS) is 13.9. The van der Waals surface area contributed by atoms with Crippen LogP contribution in [0.15, 0.2) is 12.3 Å². The van der Waals surface area contributed by atoms with Crippen LogP contribution in [0.5, 0.6) is 0 Å². The Labute approximate surface area is 90.2 Å². The van der Waals surface area contributed by atoms with Crippen molar-refractivity contribution in [2.45, 2.75) is 26.9 Å². The number of ether oxygens (including phenoxy) is 1. The number of nitrogens with zero attached hydrogens (tertiary/aromatic N) is 2. The minimum atomic E-state index is -0.437. The highest BCUT2D eigenvalue weighted by molar-refractivity contribution is 5.98. The largest absolute Gasteiger partial charge is 0.373 e. The summed E-state index contributed by atoms with van der Waals surface area (Å²) in [5, 5.41) is 3.98. The summed E-state index contributed by atoms with van der Waals surface area (Å²) < 4.78 is 6.83. The molecular weight excluding hydrogens is 192 g/mol. The summed E-state index contributed by atoms with van der Waals surface area (Å²) in [4.78, 5) is 12.1. The number of hydrogen-bond donors (Lipinski definition) is 0. The van der Waals surface area contributed by atoms with E-state index in [0.29, 0.717) is 5.69 Å². The van der Waals surface area contributed by atoms with Crippen LogP contribution in [0.2, 0.25) is 0 Å². The first-order valence-corrected chi connectivity index (χ1v) is 4.93. The Morgan fingerprint density at radius 1 is 1.53 bits per heavy atom. The molecule has 1 unspecified atom stereocenters. The van der Waals surface area contributed by atoms with Crippen LogP contribution in [-0.4, -0.2) is 28.8 Å². The maximum Gasteiger partial charge on any atom is 0.209 e. The van der Waals surface area contributed by atoms with Gasteiger partial charge in [-0.15, -0.1) is 0 Å². The van der Waals surface area contributed by atoms with Gasteiger partial charge in [-0.05, 0) is 11.5 Å². The zero-order valence-electron chi connectivity index (χ0n) is 9.94. The number of carbonyl (C=O) groups excluding carboxylic acids is 1. The van der Waals surface area contributed by atoms with Crippen LogP contribution < -0.4 is 0 Å². The average molecular weight is 210 g/mol. The molecule has 0 aliphatic heterocycles. The Morgan fingerprint density at radius 2 is 2.13 bits per heavy atom. The van der Waals surface area contributed by atoms with Gasteiger partial charge in [-0.1, -0.05) is 20.8 Å². The Bertz CT molecular complexity index is 350. The van der Waals surface area contributed by atoms with E-state index in [1.54, 1.807) is 31.1 Å². The minimum absolute atomic E-state index is 0.0231. The molecule has 1 heterocycles. The summed E-state index contributed by atoms with van der Waals surface area (Å²) in [7, 11) is 3.31. The summed E-state index contributed by atoms with van der Waals surface area (Å²) >= 11 is 0. The minimum Gasteiger partial charge on any atom is -0.373 e. The van der Waals surface area contributed by atoms with E-state index in [1.165, 1.54) is 0 Å². The van der Waals surface area contributed by atoms with Crippen molar-refractivity contribution < 1.29 is 9.53 Å². The van der Waals surface area contributed by atoms with E-state index in [2.05, 4.69) is 5.10 Å². The first kappa shape index (κ1) is 11.9. The highest BCUT2D eigenvalue weighted by Gasteiger charge is 2.33. The van der Waals surface area contributed by atoms with Crippen LogP contribution in [0, 0.1) is 5.41 Å². The van der Waals surface area contributed by atoms with Gasteiger partial charge in [-0.25, -0.2) is 0 Å². The van der Waals surface area contributed by atoms with Crippen molar-refractivity contribution in [1.29, 1.82) is 0 Å². The maximum absolute atomic E-state index is 12.1. The molecule has 15 heavy (non-hydrogen) atoms. The molecule has 0 bridgehead atoms. The van der Waals surface area contributed by atoms with E-state index < -0.39 is 6.10 Å². The Hall–Kier alpha value is -1.16. The van der Waals surface area contributed by atoms with Gasteiger partial charge in [0, 0.05) is 20.4 Å². The van der Waals surface area contributed by atoms with E-state index in [9.17, 15) is 4.79 Å². The fourth-order valence-electron chi connectivity index (χ4n) is 1.60. The predicted molar refractivity (Wildman–Crippen MR) is 57.8 cm³/mol. The van der Waals surface area contributed by atoms with Gasteiger partial charge < -0.3 is 4.74 Å². The van der Waals surface area contributed by atoms with Crippen LogP contribution in [-0.2, 0) is 11.8 Å². The van der Waals surface area contributed by atoms with Crippen molar-refractivity contribution in [2.75, 3.05) is 7.11 Å². The van der Waals surface area contributed by atoms with Crippen molar-refractivity contribution in [3.63, 3.8) is 0 Å². The summed E-state index contributed by atoms with van der Waals surface area (Å²) in [6.07, 6.45) is 1.18. The lowest BCUT2D eigenvalue weighted by Crippen LogP contribution is -2.37. The van der Waals surface area contributed by atoms with Crippen LogP contribution in [0.3, 0.4) is 0 Å². The van der Waals surface area contributed by atoms with Gasteiger partial charge in [-0.2, -0.15) is 5.10 Å². The van der Waals surface area contributed by atoms with Gasteiger partial charge >= 0.3 is 0 Å². The Balaban J connectivity index is 2.98. The van der Waals surface area contributed by atoms with Crippen molar-refractivity contribution >= 4 is 5.78 Å². The second-order valence-electron chi connectivity index (χ2n) is 4.69.